The average Bonchev–Trinajstić information content (AvgIpc) is 2.70. The molecule has 2 rings (SSSR count). The first-order valence-corrected chi connectivity index (χ1v) is 10.7. The van der Waals surface area contributed by atoms with Crippen molar-refractivity contribution in [1.29, 1.82) is 0 Å². The lowest BCUT2D eigenvalue weighted by atomic mass is 10.1. The van der Waals surface area contributed by atoms with Crippen LogP contribution < -0.4 is 4.57 Å². The lowest BCUT2D eigenvalue weighted by molar-refractivity contribution is -0.684. The predicted octanol–water partition coefficient (Wildman–Crippen LogP) is 5.72. The molecule has 3 nitrogen and oxygen atoms in total. The Morgan fingerprint density at radius 2 is 1.52 bits per heavy atom. The molecule has 0 aliphatic rings. The SMILES string of the molecule is CCCCCCCCCCCCc1c[n+](CC(=O)c2ccccc2)ccn1. The summed E-state index contributed by atoms with van der Waals surface area (Å²) < 4.78 is 1.95. The number of hydrogen-bond donors (Lipinski definition) is 0. The smallest absolute Gasteiger partial charge is 0.227 e. The molecule has 0 amide bonds. The van der Waals surface area contributed by atoms with Gasteiger partial charge >= 0.3 is 0 Å². The Balaban J connectivity index is 1.62. The molecule has 3 heteroatoms. The Morgan fingerprint density at radius 1 is 0.889 bits per heavy atom. The summed E-state index contributed by atoms with van der Waals surface area (Å²) in [5, 5.41) is 0. The molecule has 1 aromatic heterocycles. The molecule has 0 radical (unpaired) electrons. The normalized spacial score (nSPS) is 10.9. The summed E-state index contributed by atoms with van der Waals surface area (Å²) in [7, 11) is 0. The van der Waals surface area contributed by atoms with E-state index in [2.05, 4.69) is 11.9 Å². The molecule has 0 saturated heterocycles. The number of nitrogens with zero attached hydrogens (tertiary/aromatic N) is 2. The van der Waals surface area contributed by atoms with Gasteiger partial charge in [0.15, 0.2) is 12.4 Å². The molecule has 27 heavy (non-hydrogen) atoms. The van der Waals surface area contributed by atoms with Crippen molar-refractivity contribution in [2.24, 2.45) is 0 Å². The van der Waals surface area contributed by atoms with Gasteiger partial charge in [-0.15, -0.1) is 0 Å². The number of unbranched alkanes of at least 4 members (excludes halogenated alkanes) is 9. The minimum atomic E-state index is 0.136. The van der Waals surface area contributed by atoms with Gasteiger partial charge < -0.3 is 0 Å². The fourth-order valence-corrected chi connectivity index (χ4v) is 3.38. The van der Waals surface area contributed by atoms with E-state index in [9.17, 15) is 4.79 Å². The number of Topliss-reactive ketones (excluding diaryl/α,β-unsaturated/α-hetero) is 1. The van der Waals surface area contributed by atoms with Gasteiger partial charge in [-0.3, -0.25) is 4.79 Å². The average molecular weight is 368 g/mol. The quantitative estimate of drug-likeness (QED) is 0.243. The minimum Gasteiger partial charge on any atom is -0.287 e. The summed E-state index contributed by atoms with van der Waals surface area (Å²) in [6, 6.07) is 9.48. The van der Waals surface area contributed by atoms with Gasteiger partial charge in [0.2, 0.25) is 12.3 Å². The summed E-state index contributed by atoms with van der Waals surface area (Å²) in [6.45, 7) is 2.64. The largest absolute Gasteiger partial charge is 0.287 e. The molecule has 0 spiro atoms. The molecule has 0 saturated carbocycles. The molecule has 1 heterocycles. The van der Waals surface area contributed by atoms with E-state index >= 15 is 0 Å². The van der Waals surface area contributed by atoms with Crippen LogP contribution >= 0.6 is 0 Å². The number of aryl methyl sites for hydroxylation is 1. The van der Waals surface area contributed by atoms with Gasteiger partial charge in [0, 0.05) is 5.56 Å². The van der Waals surface area contributed by atoms with E-state index in [-0.39, 0.29) is 5.78 Å². The first kappa shape index (κ1) is 21.3. The minimum absolute atomic E-state index is 0.136. The van der Waals surface area contributed by atoms with Crippen LogP contribution in [0.2, 0.25) is 0 Å². The third-order valence-corrected chi connectivity index (χ3v) is 5.02. The molecule has 146 valence electrons. The number of ketones is 1. The maximum Gasteiger partial charge on any atom is 0.227 e. The van der Waals surface area contributed by atoms with Crippen LogP contribution in [0.4, 0.5) is 0 Å². The number of aromatic nitrogens is 2. The number of carbonyl (C=O) groups excluding carboxylic acids is 1. The molecule has 0 unspecified atom stereocenters. The highest BCUT2D eigenvalue weighted by molar-refractivity contribution is 5.94. The summed E-state index contributed by atoms with van der Waals surface area (Å²) in [4.78, 5) is 16.8. The van der Waals surface area contributed by atoms with Crippen molar-refractivity contribution in [3.05, 3.63) is 60.2 Å². The Hall–Kier alpha value is -2.03. The fourth-order valence-electron chi connectivity index (χ4n) is 3.38. The lowest BCUT2D eigenvalue weighted by Crippen LogP contribution is -2.38. The van der Waals surface area contributed by atoms with Crippen molar-refractivity contribution in [2.75, 3.05) is 0 Å². The molecule has 0 atom stereocenters. The molecule has 0 aliphatic carbocycles. The maximum atomic E-state index is 12.3. The second kappa shape index (κ2) is 13.2. The Kier molecular flexibility index (Phi) is 10.4. The standard InChI is InChI=1S/C24H35N2O/c1-2-3-4-5-6-7-8-9-10-14-17-23-20-26(19-18-25-23)21-24(27)22-15-12-11-13-16-22/h11-13,15-16,18-20H,2-10,14,17,21H2,1H3/q+1. The zero-order chi connectivity index (χ0) is 19.2. The van der Waals surface area contributed by atoms with Gasteiger partial charge in [-0.1, -0.05) is 95.0 Å². The van der Waals surface area contributed by atoms with Crippen LogP contribution in [0.5, 0.6) is 0 Å². The monoisotopic (exact) mass is 367 g/mol. The highest BCUT2D eigenvalue weighted by Crippen LogP contribution is 2.11. The first-order valence-electron chi connectivity index (χ1n) is 10.7. The Labute approximate surface area is 164 Å². The van der Waals surface area contributed by atoms with E-state index in [0.717, 1.165) is 17.7 Å². The zero-order valence-corrected chi connectivity index (χ0v) is 16.9. The van der Waals surface area contributed by atoms with Crippen LogP contribution in [0.3, 0.4) is 0 Å². The van der Waals surface area contributed by atoms with Crippen molar-refractivity contribution in [3.8, 4) is 0 Å². The number of carbonyl (C=O) groups is 1. The molecular formula is C24H35N2O+. The Morgan fingerprint density at radius 3 is 2.19 bits per heavy atom. The molecule has 0 aliphatic heterocycles. The van der Waals surface area contributed by atoms with Gasteiger partial charge in [-0.05, 0) is 12.8 Å². The van der Waals surface area contributed by atoms with E-state index in [1.165, 1.54) is 64.2 Å². The van der Waals surface area contributed by atoms with Crippen LogP contribution in [0.25, 0.3) is 0 Å². The third kappa shape index (κ3) is 8.94. The van der Waals surface area contributed by atoms with Crippen LogP contribution in [0.1, 0.15) is 87.2 Å². The number of benzene rings is 1. The van der Waals surface area contributed by atoms with Gasteiger partial charge in [-0.25, -0.2) is 4.98 Å². The van der Waals surface area contributed by atoms with Gasteiger partial charge in [0.1, 0.15) is 5.69 Å². The van der Waals surface area contributed by atoms with Crippen LogP contribution in [-0.2, 0) is 13.0 Å². The van der Waals surface area contributed by atoms with E-state index in [1.807, 2.05) is 53.5 Å². The summed E-state index contributed by atoms with van der Waals surface area (Å²) in [6.07, 6.45) is 20.2. The van der Waals surface area contributed by atoms with Crippen molar-refractivity contribution in [1.82, 2.24) is 4.98 Å². The molecule has 0 bridgehead atoms. The zero-order valence-electron chi connectivity index (χ0n) is 16.9. The first-order chi connectivity index (χ1) is 13.3. The van der Waals surface area contributed by atoms with Gasteiger partial charge in [-0.2, -0.15) is 4.57 Å². The Bertz CT molecular complexity index is 654. The van der Waals surface area contributed by atoms with Gasteiger partial charge in [0.05, 0.1) is 6.20 Å². The maximum absolute atomic E-state index is 12.3. The summed E-state index contributed by atoms with van der Waals surface area (Å²) in [5.74, 6) is 0.136. The van der Waals surface area contributed by atoms with E-state index < -0.39 is 0 Å². The molecule has 1 aromatic carbocycles. The number of hydrogen-bond acceptors (Lipinski definition) is 2. The van der Waals surface area contributed by atoms with E-state index in [4.69, 9.17) is 0 Å². The van der Waals surface area contributed by atoms with Crippen molar-refractivity contribution in [2.45, 2.75) is 84.1 Å². The molecule has 0 fully saturated rings. The molecule has 2 aromatic rings. The highest BCUT2D eigenvalue weighted by atomic mass is 16.1. The second-order valence-electron chi connectivity index (χ2n) is 7.44. The van der Waals surface area contributed by atoms with Crippen molar-refractivity contribution in [3.63, 3.8) is 0 Å². The molecular weight excluding hydrogens is 332 g/mol. The van der Waals surface area contributed by atoms with Gasteiger partial charge in [0.25, 0.3) is 0 Å². The third-order valence-electron chi connectivity index (χ3n) is 5.02. The van der Waals surface area contributed by atoms with Crippen LogP contribution in [0.15, 0.2) is 48.9 Å². The van der Waals surface area contributed by atoms with E-state index in [0.29, 0.717) is 6.54 Å². The lowest BCUT2D eigenvalue weighted by Gasteiger charge is -2.03. The predicted molar refractivity (Wildman–Crippen MR) is 111 cm³/mol. The van der Waals surface area contributed by atoms with Crippen LogP contribution in [0, 0.1) is 0 Å². The molecule has 0 N–H and O–H groups in total. The highest BCUT2D eigenvalue weighted by Gasteiger charge is 2.12. The van der Waals surface area contributed by atoms with Crippen molar-refractivity contribution >= 4 is 5.78 Å². The summed E-state index contributed by atoms with van der Waals surface area (Å²) >= 11 is 0. The fraction of sp³-hybridized carbons (Fsp3) is 0.542. The topological polar surface area (TPSA) is 33.8 Å². The summed E-state index contributed by atoms with van der Waals surface area (Å²) in [5.41, 5.74) is 1.84. The van der Waals surface area contributed by atoms with E-state index in [1.54, 1.807) is 0 Å². The second-order valence-corrected chi connectivity index (χ2v) is 7.44. The number of rotatable bonds is 14. The van der Waals surface area contributed by atoms with Crippen molar-refractivity contribution < 1.29 is 9.36 Å². The van der Waals surface area contributed by atoms with Crippen LogP contribution in [-0.4, -0.2) is 10.8 Å².